The van der Waals surface area contributed by atoms with Crippen LogP contribution >= 0.6 is 11.6 Å². The zero-order valence-corrected chi connectivity index (χ0v) is 8.87. The Bertz CT molecular complexity index is 357. The summed E-state index contributed by atoms with van der Waals surface area (Å²) >= 11 is 5.78. The number of halogens is 2. The van der Waals surface area contributed by atoms with E-state index >= 15 is 0 Å². The van der Waals surface area contributed by atoms with E-state index in [4.69, 9.17) is 16.7 Å². The predicted molar refractivity (Wildman–Crippen MR) is 54.2 cm³/mol. The smallest absolute Gasteiger partial charge is 0.126 e. The monoisotopic (exact) mass is 234 g/mol. The van der Waals surface area contributed by atoms with Gasteiger partial charge in [-0.15, -0.1) is 0 Å². The van der Waals surface area contributed by atoms with Crippen molar-refractivity contribution < 1.29 is 19.7 Å². The Morgan fingerprint density at radius 2 is 2.00 bits per heavy atom. The standard InChI is InChI=1S/C10H12ClFO3/c1-5-2-7(11)6(3-8(5)12)10(15)9(14)4-13/h2-3,9-10,13-15H,4H2,1H3. The minimum Gasteiger partial charge on any atom is -0.394 e. The molecule has 15 heavy (non-hydrogen) atoms. The van der Waals surface area contributed by atoms with Crippen LogP contribution in [0.1, 0.15) is 17.2 Å². The first-order chi connectivity index (χ1) is 6.97. The van der Waals surface area contributed by atoms with E-state index in [0.717, 1.165) is 6.07 Å². The van der Waals surface area contributed by atoms with Gasteiger partial charge < -0.3 is 15.3 Å². The Kier molecular flexibility index (Phi) is 4.04. The van der Waals surface area contributed by atoms with Crippen LogP contribution in [0.2, 0.25) is 5.02 Å². The molecule has 0 spiro atoms. The van der Waals surface area contributed by atoms with Crippen LogP contribution in [-0.2, 0) is 0 Å². The van der Waals surface area contributed by atoms with E-state index in [9.17, 15) is 14.6 Å². The average Bonchev–Trinajstić information content (AvgIpc) is 2.21. The zero-order chi connectivity index (χ0) is 11.6. The van der Waals surface area contributed by atoms with E-state index in [-0.39, 0.29) is 10.6 Å². The molecular weight excluding hydrogens is 223 g/mol. The molecule has 2 unspecified atom stereocenters. The third-order valence-corrected chi connectivity index (χ3v) is 2.48. The molecular formula is C10H12ClFO3. The van der Waals surface area contributed by atoms with E-state index in [1.807, 2.05) is 0 Å². The van der Waals surface area contributed by atoms with E-state index in [1.165, 1.54) is 6.07 Å². The van der Waals surface area contributed by atoms with Gasteiger partial charge in [-0.05, 0) is 24.6 Å². The van der Waals surface area contributed by atoms with E-state index in [2.05, 4.69) is 0 Å². The van der Waals surface area contributed by atoms with Gasteiger partial charge >= 0.3 is 0 Å². The van der Waals surface area contributed by atoms with Crippen molar-refractivity contribution in [3.05, 3.63) is 34.1 Å². The van der Waals surface area contributed by atoms with Crippen molar-refractivity contribution in [2.24, 2.45) is 0 Å². The molecule has 0 heterocycles. The van der Waals surface area contributed by atoms with Crippen LogP contribution in [0, 0.1) is 12.7 Å². The Morgan fingerprint density at radius 1 is 1.40 bits per heavy atom. The van der Waals surface area contributed by atoms with Gasteiger partial charge in [-0.1, -0.05) is 11.6 Å². The van der Waals surface area contributed by atoms with Crippen molar-refractivity contribution in [3.63, 3.8) is 0 Å². The summed E-state index contributed by atoms with van der Waals surface area (Å²) in [6, 6.07) is 2.42. The topological polar surface area (TPSA) is 60.7 Å². The summed E-state index contributed by atoms with van der Waals surface area (Å²) in [6.07, 6.45) is -2.76. The summed E-state index contributed by atoms with van der Waals surface area (Å²) in [5, 5.41) is 27.5. The van der Waals surface area contributed by atoms with Crippen molar-refractivity contribution in [2.75, 3.05) is 6.61 Å². The van der Waals surface area contributed by atoms with Gasteiger partial charge in [-0.2, -0.15) is 0 Å². The highest BCUT2D eigenvalue weighted by atomic mass is 35.5. The van der Waals surface area contributed by atoms with Crippen LogP contribution in [0.15, 0.2) is 12.1 Å². The number of aryl methyl sites for hydroxylation is 1. The van der Waals surface area contributed by atoms with Gasteiger partial charge in [0.15, 0.2) is 0 Å². The molecule has 3 nitrogen and oxygen atoms in total. The Balaban J connectivity index is 3.09. The number of hydrogen-bond acceptors (Lipinski definition) is 3. The van der Waals surface area contributed by atoms with Crippen molar-refractivity contribution in [3.8, 4) is 0 Å². The van der Waals surface area contributed by atoms with Crippen LogP contribution < -0.4 is 0 Å². The summed E-state index contributed by atoms with van der Waals surface area (Å²) in [6.45, 7) is 0.923. The largest absolute Gasteiger partial charge is 0.394 e. The molecule has 0 saturated heterocycles. The van der Waals surface area contributed by atoms with Crippen molar-refractivity contribution in [1.29, 1.82) is 0 Å². The minimum absolute atomic E-state index is 0.0707. The van der Waals surface area contributed by atoms with Gasteiger partial charge in [0.1, 0.15) is 18.0 Å². The van der Waals surface area contributed by atoms with Crippen LogP contribution in [0.25, 0.3) is 0 Å². The molecule has 84 valence electrons. The lowest BCUT2D eigenvalue weighted by molar-refractivity contribution is -0.0153. The highest BCUT2D eigenvalue weighted by molar-refractivity contribution is 6.31. The molecule has 0 fully saturated rings. The maximum absolute atomic E-state index is 13.2. The number of aliphatic hydroxyl groups excluding tert-OH is 3. The third kappa shape index (κ3) is 2.66. The molecule has 1 aromatic carbocycles. The molecule has 2 atom stereocenters. The molecule has 1 aromatic rings. The zero-order valence-electron chi connectivity index (χ0n) is 8.11. The van der Waals surface area contributed by atoms with Gasteiger partial charge in [0, 0.05) is 10.6 Å². The first-order valence-electron chi connectivity index (χ1n) is 4.40. The normalized spacial score (nSPS) is 15.1. The molecule has 5 heteroatoms. The molecule has 3 N–H and O–H groups in total. The molecule has 0 aliphatic carbocycles. The number of aliphatic hydroxyl groups is 3. The number of rotatable bonds is 3. The van der Waals surface area contributed by atoms with Crippen molar-refractivity contribution in [1.82, 2.24) is 0 Å². The molecule has 0 aromatic heterocycles. The highest BCUT2D eigenvalue weighted by Crippen LogP contribution is 2.27. The molecule has 0 aliphatic rings. The molecule has 0 saturated carbocycles. The third-order valence-electron chi connectivity index (χ3n) is 2.15. The molecule has 1 rings (SSSR count). The molecule has 0 bridgehead atoms. The Morgan fingerprint density at radius 3 is 2.53 bits per heavy atom. The maximum Gasteiger partial charge on any atom is 0.126 e. The molecule has 0 aliphatic heterocycles. The summed E-state index contributed by atoms with van der Waals surface area (Å²) < 4.78 is 13.2. The van der Waals surface area contributed by atoms with Crippen LogP contribution in [0.5, 0.6) is 0 Å². The summed E-state index contributed by atoms with van der Waals surface area (Å²) in [5.41, 5.74) is 0.427. The fourth-order valence-corrected chi connectivity index (χ4v) is 1.53. The predicted octanol–water partition coefficient (Wildman–Crippen LogP) is 1.17. The summed E-state index contributed by atoms with van der Waals surface area (Å²) in [4.78, 5) is 0. The number of benzene rings is 1. The van der Waals surface area contributed by atoms with E-state index in [0.29, 0.717) is 5.56 Å². The van der Waals surface area contributed by atoms with Crippen LogP contribution in [0.4, 0.5) is 4.39 Å². The maximum atomic E-state index is 13.2. The van der Waals surface area contributed by atoms with Crippen molar-refractivity contribution in [2.45, 2.75) is 19.1 Å². The van der Waals surface area contributed by atoms with Gasteiger partial charge in [0.2, 0.25) is 0 Å². The van der Waals surface area contributed by atoms with E-state index in [1.54, 1.807) is 6.92 Å². The first-order valence-corrected chi connectivity index (χ1v) is 4.77. The SMILES string of the molecule is Cc1cc(Cl)c(C(O)C(O)CO)cc1F. The highest BCUT2D eigenvalue weighted by Gasteiger charge is 2.21. The summed E-state index contributed by atoms with van der Waals surface area (Å²) in [7, 11) is 0. The lowest BCUT2D eigenvalue weighted by Gasteiger charge is -2.17. The lowest BCUT2D eigenvalue weighted by Crippen LogP contribution is -2.22. The Hall–Kier alpha value is -0.680. The average molecular weight is 235 g/mol. The van der Waals surface area contributed by atoms with Crippen LogP contribution in [-0.4, -0.2) is 28.0 Å². The fraction of sp³-hybridized carbons (Fsp3) is 0.400. The van der Waals surface area contributed by atoms with Gasteiger partial charge in [0.05, 0.1) is 6.61 Å². The quantitative estimate of drug-likeness (QED) is 0.736. The van der Waals surface area contributed by atoms with Gasteiger partial charge in [-0.3, -0.25) is 0 Å². The minimum atomic E-state index is -1.39. The van der Waals surface area contributed by atoms with Crippen molar-refractivity contribution >= 4 is 11.6 Å². The van der Waals surface area contributed by atoms with E-state index < -0.39 is 24.6 Å². The Labute approximate surface area is 91.7 Å². The summed E-state index contributed by atoms with van der Waals surface area (Å²) in [5.74, 6) is -0.515. The lowest BCUT2D eigenvalue weighted by atomic mass is 10.0. The van der Waals surface area contributed by atoms with Crippen LogP contribution in [0.3, 0.4) is 0 Å². The second-order valence-electron chi connectivity index (χ2n) is 3.32. The first kappa shape index (κ1) is 12.4. The van der Waals surface area contributed by atoms with Gasteiger partial charge in [0.25, 0.3) is 0 Å². The van der Waals surface area contributed by atoms with Gasteiger partial charge in [-0.25, -0.2) is 4.39 Å². The second-order valence-corrected chi connectivity index (χ2v) is 3.72. The molecule has 0 amide bonds. The second kappa shape index (κ2) is 4.90. The fourth-order valence-electron chi connectivity index (χ4n) is 1.20. The molecule has 0 radical (unpaired) electrons. The number of hydrogen-bond donors (Lipinski definition) is 3.